The van der Waals surface area contributed by atoms with Gasteiger partial charge in [0.05, 0.1) is 31.0 Å². The first-order valence-corrected chi connectivity index (χ1v) is 10.5. The normalized spacial score (nSPS) is 18.8. The maximum atomic E-state index is 13.3. The summed E-state index contributed by atoms with van der Waals surface area (Å²) < 4.78 is 10.9. The quantitative estimate of drug-likeness (QED) is 0.633. The van der Waals surface area contributed by atoms with Crippen LogP contribution >= 0.6 is 0 Å². The molecule has 1 saturated carbocycles. The molecule has 0 spiro atoms. The van der Waals surface area contributed by atoms with Crippen LogP contribution in [0.1, 0.15) is 43.0 Å². The Morgan fingerprint density at radius 3 is 2.60 bits per heavy atom. The lowest BCUT2D eigenvalue weighted by Crippen LogP contribution is -2.41. The Labute approximate surface area is 177 Å². The molecule has 1 aliphatic carbocycles. The minimum Gasteiger partial charge on any atom is -0.497 e. The number of hydrogen-bond acceptors (Lipinski definition) is 4. The highest BCUT2D eigenvalue weighted by Crippen LogP contribution is 2.34. The Balaban J connectivity index is 1.77. The molecule has 0 saturated heterocycles. The van der Waals surface area contributed by atoms with Crippen LogP contribution in [-0.4, -0.2) is 31.2 Å². The molecule has 1 aliphatic rings. The summed E-state index contributed by atoms with van der Waals surface area (Å²) in [6, 6.07) is 15.5. The Morgan fingerprint density at radius 1 is 1.03 bits per heavy atom. The van der Waals surface area contributed by atoms with Crippen molar-refractivity contribution >= 4 is 16.8 Å². The van der Waals surface area contributed by atoms with Crippen molar-refractivity contribution in [3.8, 4) is 22.8 Å². The molecular weight excluding hydrogens is 376 g/mol. The van der Waals surface area contributed by atoms with Crippen molar-refractivity contribution in [3.63, 3.8) is 0 Å². The van der Waals surface area contributed by atoms with Crippen LogP contribution in [0.3, 0.4) is 0 Å². The Hall–Kier alpha value is -3.08. The molecule has 2 atom stereocenters. The number of rotatable bonds is 5. The highest BCUT2D eigenvalue weighted by Gasteiger charge is 2.24. The predicted molar refractivity (Wildman–Crippen MR) is 119 cm³/mol. The van der Waals surface area contributed by atoms with Gasteiger partial charge in [-0.1, -0.05) is 38.0 Å². The average Bonchev–Trinajstić information content (AvgIpc) is 2.79. The summed E-state index contributed by atoms with van der Waals surface area (Å²) in [5, 5.41) is 4.14. The van der Waals surface area contributed by atoms with Gasteiger partial charge in [0.15, 0.2) is 0 Å². The highest BCUT2D eigenvalue weighted by atomic mass is 16.5. The second-order valence-corrected chi connectivity index (χ2v) is 7.98. The monoisotopic (exact) mass is 404 g/mol. The summed E-state index contributed by atoms with van der Waals surface area (Å²) in [7, 11) is 3.24. The molecule has 1 fully saturated rings. The minimum atomic E-state index is -0.0407. The summed E-state index contributed by atoms with van der Waals surface area (Å²) in [4.78, 5) is 18.1. The van der Waals surface area contributed by atoms with E-state index in [0.29, 0.717) is 28.7 Å². The molecule has 1 N–H and O–H groups in total. The zero-order valence-electron chi connectivity index (χ0n) is 17.8. The van der Waals surface area contributed by atoms with Crippen LogP contribution in [0, 0.1) is 5.92 Å². The molecule has 30 heavy (non-hydrogen) atoms. The minimum absolute atomic E-state index is 0.0407. The molecule has 4 rings (SSSR count). The molecule has 1 amide bonds. The smallest absolute Gasteiger partial charge is 0.252 e. The van der Waals surface area contributed by atoms with E-state index in [1.807, 2.05) is 48.5 Å². The number of para-hydroxylation sites is 1. The van der Waals surface area contributed by atoms with Crippen LogP contribution in [-0.2, 0) is 0 Å². The van der Waals surface area contributed by atoms with E-state index in [4.69, 9.17) is 14.5 Å². The predicted octanol–water partition coefficient (Wildman–Crippen LogP) is 5.23. The largest absolute Gasteiger partial charge is 0.497 e. The standard InChI is InChI=1S/C25H28N2O3/c1-16-8-4-6-10-21(16)27-25(28)20-15-23(26-22-11-7-5-9-18(20)22)19-13-12-17(29-2)14-24(19)30-3/h5,7,9,11-16,21H,4,6,8,10H2,1-3H3,(H,27,28)/t16-,21-/m0/s1. The fourth-order valence-corrected chi connectivity index (χ4v) is 4.29. The van der Waals surface area contributed by atoms with Crippen molar-refractivity contribution in [1.29, 1.82) is 0 Å². The van der Waals surface area contributed by atoms with E-state index in [-0.39, 0.29) is 11.9 Å². The number of carbonyl (C=O) groups is 1. The maximum absolute atomic E-state index is 13.3. The van der Waals surface area contributed by atoms with Gasteiger partial charge < -0.3 is 14.8 Å². The van der Waals surface area contributed by atoms with Crippen LogP contribution in [0.4, 0.5) is 0 Å². The second kappa shape index (κ2) is 8.74. The summed E-state index contributed by atoms with van der Waals surface area (Å²) in [5.41, 5.74) is 2.96. The molecule has 1 heterocycles. The van der Waals surface area contributed by atoms with Gasteiger partial charge in [0.25, 0.3) is 5.91 Å². The lowest BCUT2D eigenvalue weighted by atomic mass is 9.85. The van der Waals surface area contributed by atoms with E-state index in [2.05, 4.69) is 12.2 Å². The molecule has 0 aliphatic heterocycles. The summed E-state index contributed by atoms with van der Waals surface area (Å²) in [6.07, 6.45) is 4.61. The van der Waals surface area contributed by atoms with E-state index < -0.39 is 0 Å². The van der Waals surface area contributed by atoms with Crippen molar-refractivity contribution in [2.24, 2.45) is 5.92 Å². The average molecular weight is 405 g/mol. The van der Waals surface area contributed by atoms with Crippen LogP contribution in [0.5, 0.6) is 11.5 Å². The van der Waals surface area contributed by atoms with Gasteiger partial charge in [0.1, 0.15) is 11.5 Å². The first-order chi connectivity index (χ1) is 14.6. The van der Waals surface area contributed by atoms with Gasteiger partial charge in [-0.25, -0.2) is 4.98 Å². The SMILES string of the molecule is COc1ccc(-c2cc(C(=O)N[C@H]3CCCC[C@@H]3C)c3ccccc3n2)c(OC)c1. The van der Waals surface area contributed by atoms with E-state index in [1.54, 1.807) is 14.2 Å². The number of hydrogen-bond donors (Lipinski definition) is 1. The highest BCUT2D eigenvalue weighted by molar-refractivity contribution is 6.07. The number of benzene rings is 2. The van der Waals surface area contributed by atoms with Crippen molar-refractivity contribution in [1.82, 2.24) is 10.3 Å². The Kier molecular flexibility index (Phi) is 5.88. The Morgan fingerprint density at radius 2 is 1.83 bits per heavy atom. The second-order valence-electron chi connectivity index (χ2n) is 7.98. The van der Waals surface area contributed by atoms with Crippen LogP contribution in [0.15, 0.2) is 48.5 Å². The van der Waals surface area contributed by atoms with Gasteiger partial charge in [-0.05, 0) is 43.0 Å². The van der Waals surface area contributed by atoms with Crippen molar-refractivity contribution in [2.75, 3.05) is 14.2 Å². The lowest BCUT2D eigenvalue weighted by molar-refractivity contribution is 0.0912. The first kappa shape index (κ1) is 20.2. The molecule has 0 bridgehead atoms. The number of carbonyl (C=O) groups excluding carboxylic acids is 1. The van der Waals surface area contributed by atoms with Crippen molar-refractivity contribution in [2.45, 2.75) is 38.6 Å². The summed E-state index contributed by atoms with van der Waals surface area (Å²) in [5.74, 6) is 1.82. The third-order valence-electron chi connectivity index (χ3n) is 6.07. The van der Waals surface area contributed by atoms with E-state index in [1.165, 1.54) is 12.8 Å². The molecule has 3 aromatic rings. The molecule has 5 nitrogen and oxygen atoms in total. The fraction of sp³-hybridized carbons (Fsp3) is 0.360. The number of ether oxygens (including phenoxy) is 2. The van der Waals surface area contributed by atoms with Gasteiger partial charge >= 0.3 is 0 Å². The zero-order chi connectivity index (χ0) is 21.1. The van der Waals surface area contributed by atoms with Gasteiger partial charge in [-0.15, -0.1) is 0 Å². The molecule has 5 heteroatoms. The topological polar surface area (TPSA) is 60.5 Å². The van der Waals surface area contributed by atoms with Crippen LogP contribution < -0.4 is 14.8 Å². The van der Waals surface area contributed by atoms with Crippen LogP contribution in [0.25, 0.3) is 22.2 Å². The van der Waals surface area contributed by atoms with Gasteiger partial charge in [0.2, 0.25) is 0 Å². The number of nitrogens with one attached hydrogen (secondary N) is 1. The first-order valence-electron chi connectivity index (χ1n) is 10.5. The number of pyridine rings is 1. The van der Waals surface area contributed by atoms with E-state index >= 15 is 0 Å². The number of amides is 1. The zero-order valence-corrected chi connectivity index (χ0v) is 17.8. The summed E-state index contributed by atoms with van der Waals surface area (Å²) >= 11 is 0. The molecular formula is C25H28N2O3. The van der Waals surface area contributed by atoms with Gasteiger partial charge in [0, 0.05) is 23.1 Å². The molecule has 1 aromatic heterocycles. The fourth-order valence-electron chi connectivity index (χ4n) is 4.29. The van der Waals surface area contributed by atoms with E-state index in [0.717, 1.165) is 29.3 Å². The molecule has 0 unspecified atom stereocenters. The number of fused-ring (bicyclic) bond motifs is 1. The molecule has 0 radical (unpaired) electrons. The number of aromatic nitrogens is 1. The molecule has 2 aromatic carbocycles. The van der Waals surface area contributed by atoms with Crippen molar-refractivity contribution < 1.29 is 14.3 Å². The van der Waals surface area contributed by atoms with E-state index in [9.17, 15) is 4.79 Å². The summed E-state index contributed by atoms with van der Waals surface area (Å²) in [6.45, 7) is 2.22. The maximum Gasteiger partial charge on any atom is 0.252 e. The number of methoxy groups -OCH3 is 2. The van der Waals surface area contributed by atoms with Crippen LogP contribution in [0.2, 0.25) is 0 Å². The lowest BCUT2D eigenvalue weighted by Gasteiger charge is -2.29. The third kappa shape index (κ3) is 3.97. The Bertz CT molecular complexity index is 1060. The van der Waals surface area contributed by atoms with Crippen molar-refractivity contribution in [3.05, 3.63) is 54.1 Å². The van der Waals surface area contributed by atoms with Gasteiger partial charge in [-0.3, -0.25) is 4.79 Å². The molecule has 156 valence electrons. The number of nitrogens with zero attached hydrogens (tertiary/aromatic N) is 1. The van der Waals surface area contributed by atoms with Gasteiger partial charge in [-0.2, -0.15) is 0 Å². The third-order valence-corrected chi connectivity index (χ3v) is 6.07.